The van der Waals surface area contributed by atoms with Crippen LogP contribution >= 0.6 is 17.0 Å². The van der Waals surface area contributed by atoms with Crippen molar-refractivity contribution in [2.45, 2.75) is 6.10 Å². The number of hydrogen-bond donors (Lipinski definition) is 3. The number of ether oxygens (including phenoxy) is 1. The Balaban J connectivity index is 0.00000112. The van der Waals surface area contributed by atoms with Gasteiger partial charge in [0.05, 0.1) is 5.56 Å². The zero-order valence-electron chi connectivity index (χ0n) is 7.64. The van der Waals surface area contributed by atoms with Gasteiger partial charge < -0.3 is 20.7 Å². The molecule has 6 heteroatoms. The van der Waals surface area contributed by atoms with Crippen LogP contribution in [-0.2, 0) is 4.74 Å². The molecule has 0 saturated carbocycles. The van der Waals surface area contributed by atoms with Gasteiger partial charge in [-0.05, 0) is 12.1 Å². The molecule has 82 valence electrons. The second-order valence-corrected chi connectivity index (χ2v) is 3.06. The Morgan fingerprint density at radius 1 is 1.33 bits per heavy atom. The highest BCUT2D eigenvalue weighted by Crippen LogP contribution is 2.37. The number of nitrogens with two attached hydrogens (primary N) is 1. The summed E-state index contributed by atoms with van der Waals surface area (Å²) in [7, 11) is 0. The van der Waals surface area contributed by atoms with Crippen LogP contribution in [-0.4, -0.2) is 22.7 Å². The third-order valence-corrected chi connectivity index (χ3v) is 2.18. The van der Waals surface area contributed by atoms with E-state index in [1.807, 2.05) is 0 Å². The summed E-state index contributed by atoms with van der Waals surface area (Å²) in [4.78, 5) is 11.2. The second-order valence-electron chi connectivity index (χ2n) is 3.06. The number of carbonyl (C=O) groups excluding carboxylic acids is 1. The van der Waals surface area contributed by atoms with Gasteiger partial charge >= 0.3 is 5.97 Å². The Kier molecular flexibility index (Phi) is 3.21. The molecule has 0 saturated heterocycles. The number of esters is 1. The summed E-state index contributed by atoms with van der Waals surface area (Å²) in [5.74, 6) is -1.13. The molecule has 4 N–H and O–H groups in total. The maximum absolute atomic E-state index is 11.2. The van der Waals surface area contributed by atoms with Crippen molar-refractivity contribution in [1.29, 1.82) is 0 Å². The maximum atomic E-state index is 11.2. The monoisotopic (exact) mass is 275 g/mol. The molecule has 0 fully saturated rings. The Hall–Kier alpha value is -1.27. The number of aromatic hydroxyl groups is 2. The molecule has 1 aromatic carbocycles. The van der Waals surface area contributed by atoms with E-state index in [1.165, 1.54) is 12.1 Å². The molecular weight excluding hydrogens is 266 g/mol. The summed E-state index contributed by atoms with van der Waals surface area (Å²) in [6.07, 6.45) is -0.524. The number of rotatable bonds is 1. The minimum Gasteiger partial charge on any atom is -0.504 e. The predicted molar refractivity (Wildman–Crippen MR) is 57.3 cm³/mol. The van der Waals surface area contributed by atoms with Crippen molar-refractivity contribution in [3.8, 4) is 11.5 Å². The lowest BCUT2D eigenvalue weighted by atomic mass is 10.0. The minimum atomic E-state index is -0.524. The van der Waals surface area contributed by atoms with Gasteiger partial charge in [-0.1, -0.05) is 0 Å². The fourth-order valence-corrected chi connectivity index (χ4v) is 1.47. The van der Waals surface area contributed by atoms with Crippen LogP contribution in [0.4, 0.5) is 0 Å². The molecule has 5 nitrogen and oxygen atoms in total. The van der Waals surface area contributed by atoms with Crippen LogP contribution in [0.1, 0.15) is 22.0 Å². The zero-order valence-corrected chi connectivity index (χ0v) is 9.35. The highest BCUT2D eigenvalue weighted by atomic mass is 79.9. The molecule has 0 radical (unpaired) electrons. The quantitative estimate of drug-likeness (QED) is 0.522. The van der Waals surface area contributed by atoms with Crippen molar-refractivity contribution < 1.29 is 19.7 Å². The Bertz CT molecular complexity index is 407. The second kappa shape index (κ2) is 4.08. The van der Waals surface area contributed by atoms with E-state index in [1.54, 1.807) is 0 Å². The number of fused-ring (bicyclic) bond motifs is 1. The predicted octanol–water partition coefficient (Wildman–Crippen LogP) is 0.846. The van der Waals surface area contributed by atoms with E-state index in [0.717, 1.165) is 0 Å². The average Bonchev–Trinajstić information content (AvgIpc) is 2.45. The van der Waals surface area contributed by atoms with Crippen LogP contribution < -0.4 is 5.73 Å². The van der Waals surface area contributed by atoms with Crippen LogP contribution in [0.5, 0.6) is 11.5 Å². The molecule has 15 heavy (non-hydrogen) atoms. The topological polar surface area (TPSA) is 92.8 Å². The number of carbonyl (C=O) groups is 1. The summed E-state index contributed by atoms with van der Waals surface area (Å²) < 4.78 is 4.90. The van der Waals surface area contributed by atoms with Gasteiger partial charge in [0.15, 0.2) is 11.5 Å². The van der Waals surface area contributed by atoms with Gasteiger partial charge in [-0.15, -0.1) is 17.0 Å². The fraction of sp³-hybridized carbons (Fsp3) is 0.222. The Morgan fingerprint density at radius 3 is 2.53 bits per heavy atom. The van der Waals surface area contributed by atoms with Crippen molar-refractivity contribution in [2.24, 2.45) is 5.73 Å². The van der Waals surface area contributed by atoms with Crippen molar-refractivity contribution in [2.75, 3.05) is 6.54 Å². The first-order valence-electron chi connectivity index (χ1n) is 4.10. The molecule has 0 spiro atoms. The number of hydrogen-bond acceptors (Lipinski definition) is 5. The third-order valence-electron chi connectivity index (χ3n) is 2.18. The average molecular weight is 276 g/mol. The first-order chi connectivity index (χ1) is 6.63. The molecule has 1 aromatic rings. The lowest BCUT2D eigenvalue weighted by Crippen LogP contribution is -2.11. The molecule has 0 aliphatic carbocycles. The van der Waals surface area contributed by atoms with Crippen molar-refractivity contribution >= 4 is 23.0 Å². The number of cyclic esters (lactones) is 1. The van der Waals surface area contributed by atoms with E-state index in [-0.39, 0.29) is 40.6 Å². The van der Waals surface area contributed by atoms with Crippen molar-refractivity contribution in [3.05, 3.63) is 23.3 Å². The van der Waals surface area contributed by atoms with E-state index >= 15 is 0 Å². The van der Waals surface area contributed by atoms with Crippen LogP contribution in [0.25, 0.3) is 0 Å². The Labute approximate surface area is 96.2 Å². The molecule has 1 atom stereocenters. The fourth-order valence-electron chi connectivity index (χ4n) is 1.47. The van der Waals surface area contributed by atoms with Gasteiger partial charge in [0, 0.05) is 12.1 Å². The lowest BCUT2D eigenvalue weighted by molar-refractivity contribution is 0.0402. The number of halogens is 1. The largest absolute Gasteiger partial charge is 0.504 e. The number of phenolic OH excluding ortho intramolecular Hbond substituents is 2. The molecule has 0 bridgehead atoms. The highest BCUT2D eigenvalue weighted by Gasteiger charge is 2.31. The van der Waals surface area contributed by atoms with Gasteiger partial charge in [-0.25, -0.2) is 4.79 Å². The Morgan fingerprint density at radius 2 is 1.93 bits per heavy atom. The molecule has 2 rings (SSSR count). The number of phenols is 2. The maximum Gasteiger partial charge on any atom is 0.339 e. The SMILES string of the molecule is Br.NCC1OC(=O)c2cc(O)c(O)cc21. The van der Waals surface area contributed by atoms with Crippen LogP contribution in [0.2, 0.25) is 0 Å². The molecule has 0 aromatic heterocycles. The molecule has 1 aliphatic rings. The van der Waals surface area contributed by atoms with Crippen LogP contribution in [0, 0.1) is 0 Å². The zero-order chi connectivity index (χ0) is 10.3. The molecule has 0 amide bonds. The van der Waals surface area contributed by atoms with E-state index in [0.29, 0.717) is 5.56 Å². The van der Waals surface area contributed by atoms with E-state index in [4.69, 9.17) is 10.5 Å². The molecule has 1 aliphatic heterocycles. The normalized spacial score (nSPS) is 17.9. The molecule has 1 heterocycles. The van der Waals surface area contributed by atoms with Crippen LogP contribution in [0.3, 0.4) is 0 Å². The van der Waals surface area contributed by atoms with Gasteiger partial charge in [-0.2, -0.15) is 0 Å². The third kappa shape index (κ3) is 1.78. The standard InChI is InChI=1S/C9H9NO4.BrH/c10-3-8-4-1-6(11)7(12)2-5(4)9(13)14-8;/h1-2,8,11-12H,3,10H2;1H. The van der Waals surface area contributed by atoms with Gasteiger partial charge in [0.1, 0.15) is 6.10 Å². The summed E-state index contributed by atoms with van der Waals surface area (Å²) in [5, 5.41) is 18.4. The van der Waals surface area contributed by atoms with Gasteiger partial charge in [0.25, 0.3) is 0 Å². The van der Waals surface area contributed by atoms with Crippen molar-refractivity contribution in [3.63, 3.8) is 0 Å². The first-order valence-corrected chi connectivity index (χ1v) is 4.10. The summed E-state index contributed by atoms with van der Waals surface area (Å²) >= 11 is 0. The summed E-state index contributed by atoms with van der Waals surface area (Å²) in [5.41, 5.74) is 6.16. The molecule has 1 unspecified atom stereocenters. The number of benzene rings is 1. The summed E-state index contributed by atoms with van der Waals surface area (Å²) in [6, 6.07) is 2.48. The van der Waals surface area contributed by atoms with Crippen molar-refractivity contribution in [1.82, 2.24) is 0 Å². The van der Waals surface area contributed by atoms with Gasteiger partial charge in [0.2, 0.25) is 0 Å². The first kappa shape index (κ1) is 11.8. The summed E-state index contributed by atoms with van der Waals surface area (Å²) in [6.45, 7) is 0.156. The van der Waals surface area contributed by atoms with E-state index in [9.17, 15) is 15.0 Å². The van der Waals surface area contributed by atoms with Crippen LogP contribution in [0.15, 0.2) is 12.1 Å². The van der Waals surface area contributed by atoms with E-state index in [2.05, 4.69) is 0 Å². The van der Waals surface area contributed by atoms with E-state index < -0.39 is 12.1 Å². The minimum absolute atomic E-state index is 0. The smallest absolute Gasteiger partial charge is 0.339 e. The lowest BCUT2D eigenvalue weighted by Gasteiger charge is -2.06. The van der Waals surface area contributed by atoms with Gasteiger partial charge in [-0.3, -0.25) is 0 Å². The molecular formula is C9H10BrNO4. The highest BCUT2D eigenvalue weighted by molar-refractivity contribution is 8.93.